The molecular formula is C16H21N5O7S. The summed E-state index contributed by atoms with van der Waals surface area (Å²) in [7, 11) is -4.82. The van der Waals surface area contributed by atoms with Gasteiger partial charge in [0.25, 0.3) is 0 Å². The molecule has 1 aromatic heterocycles. The number of aromatic nitrogens is 1. The zero-order chi connectivity index (χ0) is 20.6. The van der Waals surface area contributed by atoms with Gasteiger partial charge in [-0.25, -0.2) is 9.78 Å². The number of urea groups is 1. The van der Waals surface area contributed by atoms with Gasteiger partial charge in [0.05, 0.1) is 31.1 Å². The molecule has 0 radical (unpaired) electrons. The molecule has 1 aromatic rings. The van der Waals surface area contributed by atoms with Crippen molar-refractivity contribution in [3.8, 4) is 0 Å². The normalized spacial score (nSPS) is 24.7. The summed E-state index contributed by atoms with van der Waals surface area (Å²) in [6.07, 6.45) is 2.36. The van der Waals surface area contributed by atoms with Crippen molar-refractivity contribution >= 4 is 33.8 Å². The molecule has 3 aliphatic rings. The lowest BCUT2D eigenvalue weighted by Crippen LogP contribution is -2.47. The minimum absolute atomic E-state index is 0.135. The fraction of sp³-hybridized carbons (Fsp3) is 0.562. The first kappa shape index (κ1) is 19.8. The number of hydrogen-bond acceptors (Lipinski definition) is 8. The second-order valence-corrected chi connectivity index (χ2v) is 8.00. The van der Waals surface area contributed by atoms with E-state index in [2.05, 4.69) is 19.5 Å². The standard InChI is InChI=1S/C16H21N5O7S/c22-15(18-14-4-2-11(9-17-14)19-5-7-27-8-6-19)13-3-1-12-10-20(13)16(23)21(12)28-29(24,25)26/h2,4,9,12-13H,1,3,5-8,10H2,(H,17,18,22)(H,24,25,26)/t12-,13+/m1/s1. The summed E-state index contributed by atoms with van der Waals surface area (Å²) in [5, 5.41) is 3.30. The molecule has 13 heteroatoms. The third-order valence-corrected chi connectivity index (χ3v) is 5.52. The van der Waals surface area contributed by atoms with Gasteiger partial charge in [-0.05, 0) is 25.0 Å². The van der Waals surface area contributed by atoms with Crippen LogP contribution in [0.4, 0.5) is 16.3 Å². The number of morpholine rings is 1. The largest absolute Gasteiger partial charge is 0.418 e. The van der Waals surface area contributed by atoms with E-state index < -0.39 is 34.4 Å². The Morgan fingerprint density at radius 1 is 1.28 bits per heavy atom. The van der Waals surface area contributed by atoms with Gasteiger partial charge in [0.15, 0.2) is 0 Å². The van der Waals surface area contributed by atoms with Crippen LogP contribution in [-0.2, 0) is 24.2 Å². The predicted octanol–water partition coefficient (Wildman–Crippen LogP) is -0.140. The molecule has 2 bridgehead atoms. The van der Waals surface area contributed by atoms with Gasteiger partial charge >= 0.3 is 16.4 Å². The van der Waals surface area contributed by atoms with Crippen molar-refractivity contribution in [3.63, 3.8) is 0 Å². The molecule has 3 fully saturated rings. The van der Waals surface area contributed by atoms with Crippen LogP contribution in [0.15, 0.2) is 18.3 Å². The highest BCUT2D eigenvalue weighted by Gasteiger charge is 2.49. The maximum absolute atomic E-state index is 12.7. The Morgan fingerprint density at radius 2 is 2.03 bits per heavy atom. The van der Waals surface area contributed by atoms with Crippen molar-refractivity contribution < 1.29 is 31.6 Å². The zero-order valence-corrected chi connectivity index (χ0v) is 16.2. The van der Waals surface area contributed by atoms with Crippen molar-refractivity contribution in [3.05, 3.63) is 18.3 Å². The van der Waals surface area contributed by atoms with E-state index in [0.29, 0.717) is 36.9 Å². The summed E-state index contributed by atoms with van der Waals surface area (Å²) < 4.78 is 40.4. The topological polar surface area (TPSA) is 142 Å². The smallest absolute Gasteiger partial charge is 0.378 e. The van der Waals surface area contributed by atoms with Gasteiger partial charge in [-0.15, -0.1) is 4.28 Å². The highest BCUT2D eigenvalue weighted by molar-refractivity contribution is 7.80. The minimum Gasteiger partial charge on any atom is -0.378 e. The molecule has 0 aromatic carbocycles. The average molecular weight is 427 g/mol. The predicted molar refractivity (Wildman–Crippen MR) is 99.3 cm³/mol. The van der Waals surface area contributed by atoms with E-state index in [4.69, 9.17) is 9.29 Å². The van der Waals surface area contributed by atoms with Crippen LogP contribution in [0.3, 0.4) is 0 Å². The number of carbonyl (C=O) groups excluding carboxylic acids is 2. The molecule has 158 valence electrons. The van der Waals surface area contributed by atoms with Crippen molar-refractivity contribution in [2.75, 3.05) is 43.1 Å². The van der Waals surface area contributed by atoms with Gasteiger partial charge in [-0.3, -0.25) is 9.35 Å². The number of amides is 3. The molecule has 4 heterocycles. The Morgan fingerprint density at radius 3 is 2.69 bits per heavy atom. The molecule has 12 nitrogen and oxygen atoms in total. The molecule has 3 amide bonds. The molecule has 0 unspecified atom stereocenters. The highest BCUT2D eigenvalue weighted by Crippen LogP contribution is 2.31. The van der Waals surface area contributed by atoms with Crippen LogP contribution < -0.4 is 10.2 Å². The average Bonchev–Trinajstić information content (AvgIpc) is 2.93. The number of piperidine rings is 1. The second-order valence-electron chi connectivity index (χ2n) is 7.00. The summed E-state index contributed by atoms with van der Waals surface area (Å²) in [6.45, 7) is 2.99. The summed E-state index contributed by atoms with van der Waals surface area (Å²) in [4.78, 5) is 32.7. The molecule has 0 spiro atoms. The van der Waals surface area contributed by atoms with Crippen LogP contribution in [-0.4, -0.2) is 84.8 Å². The van der Waals surface area contributed by atoms with E-state index in [0.717, 1.165) is 18.8 Å². The molecule has 29 heavy (non-hydrogen) atoms. The minimum atomic E-state index is -4.82. The van der Waals surface area contributed by atoms with Crippen molar-refractivity contribution in [1.82, 2.24) is 14.9 Å². The lowest BCUT2D eigenvalue weighted by atomic mass is 10.0. The second kappa shape index (κ2) is 7.74. The number of nitrogens with zero attached hydrogens (tertiary/aromatic N) is 4. The molecule has 4 rings (SSSR count). The number of hydrogen-bond donors (Lipinski definition) is 2. The molecule has 2 N–H and O–H groups in total. The van der Waals surface area contributed by atoms with Crippen LogP contribution in [0, 0.1) is 0 Å². The lowest BCUT2D eigenvalue weighted by Gasteiger charge is -2.29. The number of anilines is 2. The first-order valence-electron chi connectivity index (χ1n) is 9.18. The van der Waals surface area contributed by atoms with E-state index in [9.17, 15) is 18.0 Å². The summed E-state index contributed by atoms with van der Waals surface area (Å²) >= 11 is 0. The summed E-state index contributed by atoms with van der Waals surface area (Å²) in [5.74, 6) is -0.0658. The Balaban J connectivity index is 1.39. The van der Waals surface area contributed by atoms with Crippen LogP contribution in [0.5, 0.6) is 0 Å². The molecular weight excluding hydrogens is 406 g/mol. The van der Waals surface area contributed by atoms with Gasteiger partial charge in [0.2, 0.25) is 5.91 Å². The lowest BCUT2D eigenvalue weighted by molar-refractivity contribution is -0.120. The Bertz CT molecular complexity index is 887. The van der Waals surface area contributed by atoms with Crippen LogP contribution in [0.2, 0.25) is 0 Å². The van der Waals surface area contributed by atoms with Crippen LogP contribution >= 0.6 is 0 Å². The van der Waals surface area contributed by atoms with Crippen molar-refractivity contribution in [2.45, 2.75) is 24.9 Å². The zero-order valence-electron chi connectivity index (χ0n) is 15.4. The van der Waals surface area contributed by atoms with E-state index in [-0.39, 0.29) is 6.54 Å². The number of carbonyl (C=O) groups is 2. The number of hydroxylamine groups is 2. The molecule has 0 saturated carbocycles. The fourth-order valence-electron chi connectivity index (χ4n) is 3.78. The Hall–Kier alpha value is -2.48. The quantitative estimate of drug-likeness (QED) is 0.614. The summed E-state index contributed by atoms with van der Waals surface area (Å²) in [6, 6.07) is 1.44. The maximum Gasteiger partial charge on any atom is 0.418 e. The number of fused-ring (bicyclic) bond motifs is 2. The van der Waals surface area contributed by atoms with Gasteiger partial charge < -0.3 is 19.9 Å². The van der Waals surface area contributed by atoms with Crippen LogP contribution in [0.25, 0.3) is 0 Å². The van der Waals surface area contributed by atoms with E-state index >= 15 is 0 Å². The number of pyridine rings is 1. The number of nitrogens with one attached hydrogen (secondary N) is 1. The third-order valence-electron chi connectivity index (χ3n) is 5.18. The van der Waals surface area contributed by atoms with Gasteiger partial charge in [-0.2, -0.15) is 13.5 Å². The van der Waals surface area contributed by atoms with E-state index in [1.807, 2.05) is 6.07 Å². The van der Waals surface area contributed by atoms with Crippen molar-refractivity contribution in [2.24, 2.45) is 0 Å². The highest BCUT2D eigenvalue weighted by atomic mass is 32.3. The molecule has 3 aliphatic heterocycles. The van der Waals surface area contributed by atoms with Gasteiger partial charge in [0.1, 0.15) is 11.9 Å². The fourth-order valence-corrected chi connectivity index (χ4v) is 4.17. The summed E-state index contributed by atoms with van der Waals surface area (Å²) in [5.41, 5.74) is 0.930. The third kappa shape index (κ3) is 4.27. The molecule has 3 saturated heterocycles. The first-order chi connectivity index (χ1) is 13.8. The SMILES string of the molecule is O=C(Nc1ccc(N2CCOCC2)cn1)[C@@H]1CC[C@@H]2CN1C(=O)N2OS(=O)(=O)O. The maximum atomic E-state index is 12.7. The van der Waals surface area contributed by atoms with Gasteiger partial charge in [-0.1, -0.05) is 0 Å². The van der Waals surface area contributed by atoms with Crippen molar-refractivity contribution in [1.29, 1.82) is 0 Å². The van der Waals surface area contributed by atoms with E-state index in [1.165, 1.54) is 4.90 Å². The van der Waals surface area contributed by atoms with Crippen LogP contribution in [0.1, 0.15) is 12.8 Å². The number of ether oxygens (including phenoxy) is 1. The molecule has 0 aliphatic carbocycles. The Kier molecular flexibility index (Phi) is 5.29. The van der Waals surface area contributed by atoms with E-state index in [1.54, 1.807) is 12.3 Å². The van der Waals surface area contributed by atoms with Gasteiger partial charge in [0, 0.05) is 19.6 Å². The first-order valence-corrected chi connectivity index (χ1v) is 10.5. The monoisotopic (exact) mass is 427 g/mol. The number of rotatable bonds is 5. The molecule has 2 atom stereocenters. The Labute approximate surface area is 167 Å².